The van der Waals surface area contributed by atoms with Crippen LogP contribution < -0.4 is 10.2 Å². The number of hydrogen-bond acceptors (Lipinski definition) is 10. The molecular formula is C25H16N4O6S3. The predicted molar refractivity (Wildman–Crippen MR) is 144 cm³/mol. The maximum absolute atomic E-state index is 12.9. The highest BCUT2D eigenvalue weighted by molar-refractivity contribution is 8.01. The standard InChI is InChI=1S/C25H16N4O6S3/c30-22-14-3-1-2-4-15(14)23(31)28(22)13-6-7-16-20(10-13)38-25(27-16)37-19-8-5-12(9-18(19)29(34)35)21-26-17(11-36-21)24(32)33/h1-10,17,21,26H,11H2,(H,32,33)/t17-,21-/m1/s1. The number of nitro benzene ring substituents is 1. The molecule has 10 nitrogen and oxygen atoms in total. The number of thiazole rings is 1. The fourth-order valence-corrected chi connectivity index (χ4v) is 7.69. The Morgan fingerprint density at radius 3 is 2.50 bits per heavy atom. The number of anilines is 1. The quantitative estimate of drug-likeness (QED) is 0.188. The highest BCUT2D eigenvalue weighted by Crippen LogP contribution is 2.42. The normalized spacial score (nSPS) is 18.8. The van der Waals surface area contributed by atoms with Crippen LogP contribution in [0, 0.1) is 10.1 Å². The maximum atomic E-state index is 12.9. The summed E-state index contributed by atoms with van der Waals surface area (Å²) in [5.41, 5.74) is 2.32. The zero-order valence-corrected chi connectivity index (χ0v) is 21.6. The van der Waals surface area contributed by atoms with Crippen molar-refractivity contribution in [2.45, 2.75) is 20.7 Å². The lowest BCUT2D eigenvalue weighted by atomic mass is 10.1. The number of imide groups is 1. The predicted octanol–water partition coefficient (Wildman–Crippen LogP) is 4.94. The first-order chi connectivity index (χ1) is 18.3. The van der Waals surface area contributed by atoms with Crippen molar-refractivity contribution in [2.75, 3.05) is 10.7 Å². The van der Waals surface area contributed by atoms with Crippen molar-refractivity contribution < 1.29 is 24.4 Å². The highest BCUT2D eigenvalue weighted by Gasteiger charge is 2.36. The van der Waals surface area contributed by atoms with E-state index in [4.69, 9.17) is 0 Å². The second-order valence-electron chi connectivity index (χ2n) is 8.48. The second kappa shape index (κ2) is 9.51. The summed E-state index contributed by atoms with van der Waals surface area (Å²) in [5.74, 6) is -1.35. The van der Waals surface area contributed by atoms with Crippen LogP contribution in [0.2, 0.25) is 0 Å². The molecule has 0 unspecified atom stereocenters. The van der Waals surface area contributed by atoms with Crippen molar-refractivity contribution in [1.29, 1.82) is 0 Å². The van der Waals surface area contributed by atoms with E-state index < -0.39 is 16.9 Å². The molecule has 2 atom stereocenters. The van der Waals surface area contributed by atoms with Gasteiger partial charge >= 0.3 is 5.97 Å². The Labute approximate surface area is 227 Å². The Morgan fingerprint density at radius 1 is 1.11 bits per heavy atom. The van der Waals surface area contributed by atoms with Crippen molar-refractivity contribution in [1.82, 2.24) is 10.3 Å². The van der Waals surface area contributed by atoms with Crippen molar-refractivity contribution in [2.24, 2.45) is 0 Å². The molecule has 190 valence electrons. The molecule has 0 saturated carbocycles. The van der Waals surface area contributed by atoms with E-state index in [1.54, 1.807) is 54.6 Å². The Balaban J connectivity index is 1.27. The highest BCUT2D eigenvalue weighted by atomic mass is 32.2. The van der Waals surface area contributed by atoms with Crippen LogP contribution in [-0.4, -0.2) is 44.6 Å². The second-order valence-corrected chi connectivity index (χ2v) is 11.9. The summed E-state index contributed by atoms with van der Waals surface area (Å²) in [4.78, 5) is 54.5. The Bertz CT molecular complexity index is 1640. The number of carboxylic acid groups (broad SMARTS) is 1. The van der Waals surface area contributed by atoms with Crippen LogP contribution in [0.3, 0.4) is 0 Å². The van der Waals surface area contributed by atoms with Gasteiger partial charge in [-0.1, -0.05) is 30.0 Å². The zero-order valence-electron chi connectivity index (χ0n) is 19.2. The van der Waals surface area contributed by atoms with Crippen LogP contribution >= 0.6 is 34.9 Å². The van der Waals surface area contributed by atoms with E-state index >= 15 is 0 Å². The smallest absolute Gasteiger partial charge is 0.321 e. The van der Waals surface area contributed by atoms with Gasteiger partial charge in [0.05, 0.1) is 42.2 Å². The van der Waals surface area contributed by atoms with Gasteiger partial charge in [-0.2, -0.15) is 0 Å². The minimum Gasteiger partial charge on any atom is -0.480 e. The fraction of sp³-hybridized carbons (Fsp3) is 0.120. The van der Waals surface area contributed by atoms with E-state index in [2.05, 4.69) is 10.3 Å². The molecular weight excluding hydrogens is 548 g/mol. The molecule has 6 rings (SSSR count). The Kier molecular flexibility index (Phi) is 6.14. The molecule has 3 heterocycles. The average molecular weight is 565 g/mol. The summed E-state index contributed by atoms with van der Waals surface area (Å²) < 4.78 is 1.29. The topological polar surface area (TPSA) is 143 Å². The summed E-state index contributed by atoms with van der Waals surface area (Å²) in [6.07, 6.45) is 0. The Morgan fingerprint density at radius 2 is 1.84 bits per heavy atom. The molecule has 3 aromatic carbocycles. The number of carboxylic acids is 1. The molecule has 1 fully saturated rings. The van der Waals surface area contributed by atoms with Gasteiger partial charge in [-0.25, -0.2) is 9.88 Å². The van der Waals surface area contributed by atoms with Crippen LogP contribution in [0.25, 0.3) is 10.2 Å². The number of amides is 2. The molecule has 0 spiro atoms. The molecule has 4 aromatic rings. The molecule has 38 heavy (non-hydrogen) atoms. The van der Waals surface area contributed by atoms with Crippen LogP contribution in [0.4, 0.5) is 11.4 Å². The van der Waals surface area contributed by atoms with E-state index in [0.717, 1.165) is 21.4 Å². The monoisotopic (exact) mass is 564 g/mol. The maximum Gasteiger partial charge on any atom is 0.321 e. The lowest BCUT2D eigenvalue weighted by Crippen LogP contribution is -2.33. The summed E-state index contributed by atoms with van der Waals surface area (Å²) >= 11 is 3.84. The number of aliphatic carboxylic acids is 1. The number of hydrogen-bond donors (Lipinski definition) is 2. The number of nitro groups is 1. The van der Waals surface area contributed by atoms with Crippen molar-refractivity contribution in [3.8, 4) is 0 Å². The van der Waals surface area contributed by atoms with Gasteiger partial charge in [0.15, 0.2) is 4.34 Å². The zero-order chi connectivity index (χ0) is 26.6. The van der Waals surface area contributed by atoms with Crippen molar-refractivity contribution >= 4 is 74.2 Å². The van der Waals surface area contributed by atoms with Gasteiger partial charge in [0, 0.05) is 11.8 Å². The first kappa shape index (κ1) is 24.6. The summed E-state index contributed by atoms with van der Waals surface area (Å²) in [6, 6.07) is 15.9. The van der Waals surface area contributed by atoms with Crippen LogP contribution in [0.1, 0.15) is 31.7 Å². The minimum absolute atomic E-state index is 0.0976. The number of aromatic nitrogens is 1. The van der Waals surface area contributed by atoms with E-state index in [-0.39, 0.29) is 22.9 Å². The average Bonchev–Trinajstić information content (AvgIpc) is 3.61. The first-order valence-electron chi connectivity index (χ1n) is 11.3. The van der Waals surface area contributed by atoms with E-state index in [0.29, 0.717) is 42.9 Å². The van der Waals surface area contributed by atoms with Gasteiger partial charge in [-0.05, 0) is 42.0 Å². The third-order valence-corrected chi connectivity index (χ3v) is 9.58. The number of nitrogens with zero attached hydrogens (tertiary/aromatic N) is 3. The molecule has 0 bridgehead atoms. The lowest BCUT2D eigenvalue weighted by Gasteiger charge is -2.13. The molecule has 2 aliphatic heterocycles. The summed E-state index contributed by atoms with van der Waals surface area (Å²) in [7, 11) is 0. The molecule has 0 aliphatic carbocycles. The molecule has 2 N–H and O–H groups in total. The summed E-state index contributed by atoms with van der Waals surface area (Å²) in [5, 5.41) is 23.7. The number of carbonyl (C=O) groups excluding carboxylic acids is 2. The van der Waals surface area contributed by atoms with Gasteiger partial charge in [-0.3, -0.25) is 29.8 Å². The Hall–Kier alpha value is -3.78. The van der Waals surface area contributed by atoms with Crippen LogP contribution in [0.15, 0.2) is 69.9 Å². The van der Waals surface area contributed by atoms with Crippen molar-refractivity contribution in [3.05, 3.63) is 87.5 Å². The number of rotatable bonds is 6. The lowest BCUT2D eigenvalue weighted by molar-refractivity contribution is -0.387. The largest absolute Gasteiger partial charge is 0.480 e. The molecule has 1 aromatic heterocycles. The molecule has 13 heteroatoms. The number of nitrogens with one attached hydrogen (secondary N) is 1. The number of carbonyl (C=O) groups is 3. The SMILES string of the molecule is O=C(O)[C@H]1CS[C@H](c2ccc(Sc3nc4ccc(N5C(=O)c6ccccc6C5=O)cc4s3)c([N+](=O)[O-])c2)N1. The van der Waals surface area contributed by atoms with E-state index in [9.17, 15) is 29.6 Å². The van der Waals surface area contributed by atoms with Gasteiger partial charge in [-0.15, -0.1) is 23.1 Å². The van der Waals surface area contributed by atoms with Gasteiger partial charge < -0.3 is 5.11 Å². The summed E-state index contributed by atoms with van der Waals surface area (Å²) in [6.45, 7) is 0. The fourth-order valence-electron chi connectivity index (χ4n) is 4.33. The van der Waals surface area contributed by atoms with E-state index in [1.165, 1.54) is 29.2 Å². The third-order valence-electron chi connectivity index (χ3n) is 6.16. The van der Waals surface area contributed by atoms with Crippen LogP contribution in [0.5, 0.6) is 0 Å². The minimum atomic E-state index is -0.955. The number of thioether (sulfide) groups is 1. The number of fused-ring (bicyclic) bond motifs is 2. The van der Waals surface area contributed by atoms with Crippen LogP contribution in [-0.2, 0) is 4.79 Å². The van der Waals surface area contributed by atoms with Gasteiger partial charge in [0.25, 0.3) is 17.5 Å². The van der Waals surface area contributed by atoms with Gasteiger partial charge in [0.1, 0.15) is 6.04 Å². The van der Waals surface area contributed by atoms with Gasteiger partial charge in [0.2, 0.25) is 0 Å². The first-order valence-corrected chi connectivity index (χ1v) is 13.9. The number of benzene rings is 3. The van der Waals surface area contributed by atoms with Crippen molar-refractivity contribution in [3.63, 3.8) is 0 Å². The molecule has 2 amide bonds. The molecule has 0 radical (unpaired) electrons. The van der Waals surface area contributed by atoms with E-state index in [1.807, 2.05) is 0 Å². The molecule has 2 aliphatic rings. The third kappa shape index (κ3) is 4.22. The molecule has 1 saturated heterocycles.